The maximum atomic E-state index is 14.9. The van der Waals surface area contributed by atoms with Gasteiger partial charge in [-0.3, -0.25) is 9.59 Å². The summed E-state index contributed by atoms with van der Waals surface area (Å²) in [6, 6.07) is 13.5. The van der Waals surface area contributed by atoms with Crippen LogP contribution in [-0.2, 0) is 4.79 Å². The van der Waals surface area contributed by atoms with Gasteiger partial charge < -0.3 is 20.8 Å². The molecule has 1 saturated heterocycles. The average molecular weight is 557 g/mol. The molecule has 1 aliphatic heterocycles. The molecule has 0 spiro atoms. The lowest BCUT2D eigenvalue weighted by Crippen LogP contribution is -2.31. The van der Waals surface area contributed by atoms with E-state index in [4.69, 9.17) is 10.5 Å². The van der Waals surface area contributed by atoms with E-state index in [1.54, 1.807) is 37.3 Å². The largest absolute Gasteiger partial charge is 0.454 e. The number of halogens is 2. The normalized spacial score (nSPS) is 15.0. The smallest absolute Gasteiger partial charge is 0.329 e. The Morgan fingerprint density at radius 2 is 1.80 bits per heavy atom. The van der Waals surface area contributed by atoms with Crippen molar-refractivity contribution in [2.45, 2.75) is 19.9 Å². The standard InChI is InChI=1S/C29H22F2N6O4/c1-14-9-17(41-25-6-4-3-5-19(25)30)7-8-23(14)37-27(32)18(13-33-37)26(38)22-11-16-10-20(31)24(12-21(16)35-22)36-28(39)15(2)34-29(36)40/h3-13,15,35H,32H2,1-2H3,(H,34,40)/t15-/m1/s1. The molecule has 3 aromatic carbocycles. The first-order valence-corrected chi connectivity index (χ1v) is 12.5. The Morgan fingerprint density at radius 3 is 2.51 bits per heavy atom. The van der Waals surface area contributed by atoms with Crippen LogP contribution >= 0.6 is 0 Å². The third-order valence-corrected chi connectivity index (χ3v) is 6.82. The fourth-order valence-corrected chi connectivity index (χ4v) is 4.72. The summed E-state index contributed by atoms with van der Waals surface area (Å²) in [6.45, 7) is 3.30. The minimum Gasteiger partial charge on any atom is -0.454 e. The van der Waals surface area contributed by atoms with E-state index in [1.165, 1.54) is 42.1 Å². The number of nitrogens with two attached hydrogens (primary N) is 1. The molecule has 206 valence electrons. The zero-order valence-electron chi connectivity index (χ0n) is 21.7. The number of amides is 3. The van der Waals surface area contributed by atoms with Crippen LogP contribution in [0.5, 0.6) is 11.5 Å². The Kier molecular flexibility index (Phi) is 6.02. The summed E-state index contributed by atoms with van der Waals surface area (Å²) in [5, 5.41) is 7.09. The summed E-state index contributed by atoms with van der Waals surface area (Å²) >= 11 is 0. The second-order valence-electron chi connectivity index (χ2n) is 9.58. The van der Waals surface area contributed by atoms with Gasteiger partial charge in [-0.05, 0) is 67.9 Å². The molecule has 1 atom stereocenters. The molecule has 5 aromatic rings. The average Bonchev–Trinajstić information content (AvgIpc) is 3.59. The number of nitrogens with one attached hydrogen (secondary N) is 2. The van der Waals surface area contributed by atoms with Gasteiger partial charge in [0.25, 0.3) is 5.91 Å². The summed E-state index contributed by atoms with van der Waals surface area (Å²) in [6.07, 6.45) is 1.33. The van der Waals surface area contributed by atoms with Gasteiger partial charge in [0.15, 0.2) is 11.6 Å². The number of aryl methyl sites for hydroxylation is 1. The van der Waals surface area contributed by atoms with Crippen molar-refractivity contribution in [3.8, 4) is 17.2 Å². The number of aromatic amines is 1. The van der Waals surface area contributed by atoms with Crippen LogP contribution < -0.4 is 20.7 Å². The Labute approximate surface area is 231 Å². The number of carbonyl (C=O) groups excluding carboxylic acids is 3. The Morgan fingerprint density at radius 1 is 1.02 bits per heavy atom. The Hall–Kier alpha value is -5.52. The number of imide groups is 1. The van der Waals surface area contributed by atoms with Gasteiger partial charge in [0.05, 0.1) is 28.8 Å². The molecule has 10 nitrogen and oxygen atoms in total. The molecule has 0 radical (unpaired) electrons. The molecule has 0 saturated carbocycles. The number of anilines is 2. The van der Waals surface area contributed by atoms with Crippen molar-refractivity contribution in [2.75, 3.05) is 10.6 Å². The van der Waals surface area contributed by atoms with Gasteiger partial charge in [0, 0.05) is 10.9 Å². The number of carbonyl (C=O) groups is 3. The number of para-hydroxylation sites is 1. The van der Waals surface area contributed by atoms with Crippen LogP contribution in [0.25, 0.3) is 16.6 Å². The molecule has 0 aliphatic carbocycles. The topological polar surface area (TPSA) is 135 Å². The van der Waals surface area contributed by atoms with Crippen LogP contribution in [0.2, 0.25) is 0 Å². The fraction of sp³-hybridized carbons (Fsp3) is 0.103. The van der Waals surface area contributed by atoms with Gasteiger partial charge in [-0.1, -0.05) is 12.1 Å². The number of rotatable bonds is 6. The maximum Gasteiger partial charge on any atom is 0.329 e. The van der Waals surface area contributed by atoms with Gasteiger partial charge in [0.2, 0.25) is 5.78 Å². The van der Waals surface area contributed by atoms with Crippen molar-refractivity contribution in [3.05, 3.63) is 95.3 Å². The first-order chi connectivity index (χ1) is 19.6. The zero-order valence-corrected chi connectivity index (χ0v) is 21.7. The third-order valence-electron chi connectivity index (χ3n) is 6.82. The number of nitrogen functional groups attached to an aromatic ring is 1. The minimum absolute atomic E-state index is 0.0692. The van der Waals surface area contributed by atoms with Crippen molar-refractivity contribution < 1.29 is 27.9 Å². The van der Waals surface area contributed by atoms with Crippen molar-refractivity contribution in [2.24, 2.45) is 0 Å². The quantitative estimate of drug-likeness (QED) is 0.199. The molecule has 1 fully saturated rings. The third kappa shape index (κ3) is 4.35. The summed E-state index contributed by atoms with van der Waals surface area (Å²) in [4.78, 5) is 41.6. The van der Waals surface area contributed by atoms with Gasteiger partial charge in [-0.15, -0.1) is 0 Å². The first-order valence-electron chi connectivity index (χ1n) is 12.5. The van der Waals surface area contributed by atoms with Gasteiger partial charge in [0.1, 0.15) is 23.4 Å². The number of hydrogen-bond acceptors (Lipinski definition) is 6. The maximum absolute atomic E-state index is 14.9. The molecule has 4 N–H and O–H groups in total. The van der Waals surface area contributed by atoms with Crippen molar-refractivity contribution in [3.63, 3.8) is 0 Å². The number of nitrogens with zero attached hydrogens (tertiary/aromatic N) is 3. The second-order valence-corrected chi connectivity index (χ2v) is 9.58. The molecule has 41 heavy (non-hydrogen) atoms. The number of ketones is 1. The number of fused-ring (bicyclic) bond motifs is 1. The first kappa shape index (κ1) is 25.7. The highest BCUT2D eigenvalue weighted by Crippen LogP contribution is 2.31. The van der Waals surface area contributed by atoms with E-state index in [0.29, 0.717) is 27.9 Å². The number of urea groups is 1. The van der Waals surface area contributed by atoms with E-state index in [0.717, 1.165) is 11.0 Å². The summed E-state index contributed by atoms with van der Waals surface area (Å²) in [5.74, 6) is -1.80. The lowest BCUT2D eigenvalue weighted by Gasteiger charge is -2.13. The van der Waals surface area contributed by atoms with Gasteiger partial charge in [-0.25, -0.2) is 23.2 Å². The summed E-state index contributed by atoms with van der Waals surface area (Å²) in [5.41, 5.74) is 7.94. The summed E-state index contributed by atoms with van der Waals surface area (Å²) < 4.78 is 35.9. The number of ether oxygens (including phenoxy) is 1. The van der Waals surface area contributed by atoms with E-state index in [2.05, 4.69) is 15.4 Å². The highest BCUT2D eigenvalue weighted by Gasteiger charge is 2.38. The predicted molar refractivity (Wildman–Crippen MR) is 146 cm³/mol. The molecule has 0 bridgehead atoms. The van der Waals surface area contributed by atoms with Crippen LogP contribution in [0.3, 0.4) is 0 Å². The molecule has 6 rings (SSSR count). The van der Waals surface area contributed by atoms with Crippen molar-refractivity contribution in [1.82, 2.24) is 20.1 Å². The Balaban J connectivity index is 1.28. The van der Waals surface area contributed by atoms with E-state index >= 15 is 0 Å². The van der Waals surface area contributed by atoms with E-state index < -0.39 is 35.4 Å². The molecule has 2 aromatic heterocycles. The fourth-order valence-electron chi connectivity index (χ4n) is 4.72. The predicted octanol–water partition coefficient (Wildman–Crippen LogP) is 4.99. The molecule has 1 aliphatic rings. The zero-order chi connectivity index (χ0) is 29.0. The molecule has 12 heteroatoms. The van der Waals surface area contributed by atoms with Gasteiger partial charge >= 0.3 is 6.03 Å². The lowest BCUT2D eigenvalue weighted by molar-refractivity contribution is -0.118. The van der Waals surface area contributed by atoms with Crippen molar-refractivity contribution >= 4 is 40.1 Å². The van der Waals surface area contributed by atoms with Crippen LogP contribution in [-0.4, -0.2) is 38.5 Å². The molecule has 0 unspecified atom stereocenters. The second kappa shape index (κ2) is 9.59. The number of hydrogen-bond donors (Lipinski definition) is 3. The molecule has 3 heterocycles. The molecular formula is C29H22F2N6O4. The Bertz CT molecular complexity index is 1900. The summed E-state index contributed by atoms with van der Waals surface area (Å²) in [7, 11) is 0. The lowest BCUT2D eigenvalue weighted by atomic mass is 10.1. The van der Waals surface area contributed by atoms with Crippen molar-refractivity contribution in [1.29, 1.82) is 0 Å². The van der Waals surface area contributed by atoms with E-state index in [9.17, 15) is 23.2 Å². The minimum atomic E-state index is -0.793. The van der Waals surface area contributed by atoms with Crippen LogP contribution in [0.1, 0.15) is 28.5 Å². The van der Waals surface area contributed by atoms with E-state index in [-0.39, 0.29) is 28.5 Å². The number of H-pyrrole nitrogens is 1. The monoisotopic (exact) mass is 556 g/mol. The highest BCUT2D eigenvalue weighted by atomic mass is 19.1. The van der Waals surface area contributed by atoms with Crippen LogP contribution in [0.15, 0.2) is 66.9 Å². The molecule has 3 amide bonds. The number of benzene rings is 3. The number of aromatic nitrogens is 3. The highest BCUT2D eigenvalue weighted by molar-refractivity contribution is 6.22. The SMILES string of the molecule is Cc1cc(Oc2ccccc2F)ccc1-n1ncc(C(=O)c2cc3cc(F)c(N4C(=O)N[C@H](C)C4=O)cc3[nH]2)c1N. The van der Waals surface area contributed by atoms with Crippen LogP contribution in [0, 0.1) is 18.6 Å². The van der Waals surface area contributed by atoms with Gasteiger partial charge in [-0.2, -0.15) is 5.10 Å². The van der Waals surface area contributed by atoms with Crippen LogP contribution in [0.4, 0.5) is 25.1 Å². The van der Waals surface area contributed by atoms with E-state index in [1.807, 2.05) is 0 Å². The molecular weight excluding hydrogens is 534 g/mol.